The third-order valence-electron chi connectivity index (χ3n) is 2.88. The Morgan fingerprint density at radius 1 is 1.47 bits per heavy atom. The Hall–Kier alpha value is -0.670. The third kappa shape index (κ3) is 3.65. The molecule has 0 saturated carbocycles. The molecule has 0 bridgehead atoms. The number of rotatable bonds is 4. The van der Waals surface area contributed by atoms with Crippen LogP contribution in [-0.2, 0) is 0 Å². The summed E-state index contributed by atoms with van der Waals surface area (Å²) in [5.74, 6) is 0.991. The van der Waals surface area contributed by atoms with E-state index in [2.05, 4.69) is 37.4 Å². The van der Waals surface area contributed by atoms with E-state index < -0.39 is 0 Å². The van der Waals surface area contributed by atoms with Crippen molar-refractivity contribution in [3.05, 3.63) is 29.8 Å². The van der Waals surface area contributed by atoms with Gasteiger partial charge in [0.1, 0.15) is 5.75 Å². The number of thioether (sulfide) groups is 1. The van der Waals surface area contributed by atoms with Gasteiger partial charge >= 0.3 is 0 Å². The summed E-state index contributed by atoms with van der Waals surface area (Å²) < 4.78 is 5.68. The van der Waals surface area contributed by atoms with Crippen LogP contribution >= 0.6 is 11.8 Å². The van der Waals surface area contributed by atoms with Crippen molar-refractivity contribution >= 4 is 11.8 Å². The van der Waals surface area contributed by atoms with E-state index in [9.17, 15) is 0 Å². The zero-order valence-electron chi connectivity index (χ0n) is 10.6. The lowest BCUT2D eigenvalue weighted by atomic mass is 10.2. The first-order valence-corrected chi connectivity index (χ1v) is 7.35. The molecule has 0 amide bonds. The summed E-state index contributed by atoms with van der Waals surface area (Å²) in [6.07, 6.45) is 2.31. The average molecular weight is 251 g/mol. The van der Waals surface area contributed by atoms with Crippen LogP contribution in [0.25, 0.3) is 0 Å². The van der Waals surface area contributed by atoms with Crippen molar-refractivity contribution in [2.45, 2.75) is 37.3 Å². The van der Waals surface area contributed by atoms with Gasteiger partial charge in [-0.25, -0.2) is 0 Å². The maximum absolute atomic E-state index is 5.68. The number of benzene rings is 1. The first-order valence-electron chi connectivity index (χ1n) is 6.41. The van der Waals surface area contributed by atoms with Crippen LogP contribution < -0.4 is 10.1 Å². The Morgan fingerprint density at radius 3 is 3.12 bits per heavy atom. The van der Waals surface area contributed by atoms with Crippen LogP contribution in [0.4, 0.5) is 0 Å². The van der Waals surface area contributed by atoms with Gasteiger partial charge in [0.05, 0.1) is 12.0 Å². The summed E-state index contributed by atoms with van der Waals surface area (Å²) >= 11 is 2.01. The van der Waals surface area contributed by atoms with Crippen LogP contribution in [0.1, 0.15) is 37.6 Å². The second kappa shape index (κ2) is 6.31. The lowest BCUT2D eigenvalue weighted by molar-refractivity contribution is 0.317. The molecule has 94 valence electrons. The first kappa shape index (κ1) is 12.8. The molecule has 1 N–H and O–H groups in total. The van der Waals surface area contributed by atoms with Gasteiger partial charge in [-0.1, -0.05) is 26.0 Å². The zero-order chi connectivity index (χ0) is 12.1. The largest absolute Gasteiger partial charge is 0.494 e. The van der Waals surface area contributed by atoms with Gasteiger partial charge in [0.15, 0.2) is 0 Å². The van der Waals surface area contributed by atoms with Gasteiger partial charge in [0, 0.05) is 5.25 Å². The molecule has 0 radical (unpaired) electrons. The number of hydrogen-bond donors (Lipinski definition) is 1. The lowest BCUT2D eigenvalue weighted by Crippen LogP contribution is -2.28. The van der Waals surface area contributed by atoms with Crippen LogP contribution in [0.15, 0.2) is 24.3 Å². The fraction of sp³-hybridized carbons (Fsp3) is 0.571. The fourth-order valence-electron chi connectivity index (χ4n) is 1.95. The molecule has 1 aromatic carbocycles. The van der Waals surface area contributed by atoms with E-state index in [1.54, 1.807) is 0 Å². The van der Waals surface area contributed by atoms with Crippen molar-refractivity contribution < 1.29 is 4.74 Å². The number of ether oxygens (including phenoxy) is 1. The Morgan fingerprint density at radius 2 is 2.35 bits per heavy atom. The van der Waals surface area contributed by atoms with Crippen molar-refractivity contribution in [1.82, 2.24) is 5.32 Å². The van der Waals surface area contributed by atoms with Crippen molar-refractivity contribution in [3.63, 3.8) is 0 Å². The summed E-state index contributed by atoms with van der Waals surface area (Å²) in [5.41, 5.74) is 1.33. The highest BCUT2D eigenvalue weighted by Gasteiger charge is 2.20. The third-order valence-corrected chi connectivity index (χ3v) is 4.29. The van der Waals surface area contributed by atoms with Crippen molar-refractivity contribution in [3.8, 4) is 5.75 Å². The van der Waals surface area contributed by atoms with Gasteiger partial charge in [0.2, 0.25) is 0 Å². The summed E-state index contributed by atoms with van der Waals surface area (Å²) in [7, 11) is 0. The molecule has 1 saturated heterocycles. The maximum Gasteiger partial charge on any atom is 0.119 e. The van der Waals surface area contributed by atoms with Crippen molar-refractivity contribution in [1.29, 1.82) is 0 Å². The van der Waals surface area contributed by atoms with E-state index in [1.165, 1.54) is 12.0 Å². The number of nitrogens with one attached hydrogen (secondary N) is 1. The van der Waals surface area contributed by atoms with Crippen LogP contribution in [0.5, 0.6) is 5.75 Å². The molecule has 1 aliphatic rings. The van der Waals surface area contributed by atoms with Gasteiger partial charge in [-0.05, 0) is 37.1 Å². The molecule has 0 spiro atoms. The van der Waals surface area contributed by atoms with E-state index in [1.807, 2.05) is 17.8 Å². The molecule has 1 aromatic rings. The predicted molar refractivity (Wildman–Crippen MR) is 74.6 cm³/mol. The van der Waals surface area contributed by atoms with Gasteiger partial charge in [-0.15, -0.1) is 11.8 Å². The predicted octanol–water partition coefficient (Wildman–Crippen LogP) is 3.59. The molecule has 2 atom stereocenters. The van der Waals surface area contributed by atoms with Crippen LogP contribution in [0, 0.1) is 0 Å². The molecular formula is C14H21NOS. The van der Waals surface area contributed by atoms with E-state index >= 15 is 0 Å². The minimum absolute atomic E-state index is 0.420. The highest BCUT2D eigenvalue weighted by molar-refractivity contribution is 8.00. The highest BCUT2D eigenvalue weighted by Crippen LogP contribution is 2.35. The Kier molecular flexibility index (Phi) is 4.75. The second-order valence-corrected chi connectivity index (χ2v) is 6.04. The van der Waals surface area contributed by atoms with Crippen LogP contribution in [0.2, 0.25) is 0 Å². The molecule has 1 aliphatic heterocycles. The Balaban J connectivity index is 2.04. The van der Waals surface area contributed by atoms with E-state index in [4.69, 9.17) is 4.74 Å². The number of hydrogen-bond acceptors (Lipinski definition) is 3. The minimum Gasteiger partial charge on any atom is -0.494 e. The lowest BCUT2D eigenvalue weighted by Gasteiger charge is -2.28. The molecular weight excluding hydrogens is 230 g/mol. The standard InChI is InChI=1S/C14H21NOS/c1-3-9-16-13-6-4-5-12(10-13)14-15-8-7-11(2)17-14/h4-6,10-11,14-15H,3,7-9H2,1-2H3. The normalized spacial score (nSPS) is 24.6. The van der Waals surface area contributed by atoms with Gasteiger partial charge in [0.25, 0.3) is 0 Å². The van der Waals surface area contributed by atoms with E-state index in [-0.39, 0.29) is 0 Å². The van der Waals surface area contributed by atoms with Gasteiger partial charge in [-0.3, -0.25) is 0 Å². The summed E-state index contributed by atoms with van der Waals surface area (Å²) in [5, 5.41) is 4.71. The molecule has 1 fully saturated rings. The molecule has 1 heterocycles. The SMILES string of the molecule is CCCOc1cccc(C2NCCC(C)S2)c1. The topological polar surface area (TPSA) is 21.3 Å². The average Bonchev–Trinajstić information content (AvgIpc) is 2.37. The molecule has 17 heavy (non-hydrogen) atoms. The monoisotopic (exact) mass is 251 g/mol. The Bertz CT molecular complexity index is 356. The summed E-state index contributed by atoms with van der Waals surface area (Å²) in [4.78, 5) is 0. The first-order chi connectivity index (χ1) is 8.29. The highest BCUT2D eigenvalue weighted by atomic mass is 32.2. The fourth-order valence-corrected chi connectivity index (χ4v) is 3.19. The Labute approximate surface area is 108 Å². The minimum atomic E-state index is 0.420. The van der Waals surface area contributed by atoms with Gasteiger partial charge in [-0.2, -0.15) is 0 Å². The summed E-state index contributed by atoms with van der Waals surface area (Å²) in [6, 6.07) is 8.47. The molecule has 2 rings (SSSR count). The smallest absolute Gasteiger partial charge is 0.119 e. The molecule has 2 unspecified atom stereocenters. The second-order valence-electron chi connectivity index (χ2n) is 4.49. The summed E-state index contributed by atoms with van der Waals surface area (Å²) in [6.45, 7) is 6.34. The van der Waals surface area contributed by atoms with Crippen LogP contribution in [-0.4, -0.2) is 18.4 Å². The molecule has 3 heteroatoms. The van der Waals surface area contributed by atoms with E-state index in [0.29, 0.717) is 5.37 Å². The van der Waals surface area contributed by atoms with Crippen molar-refractivity contribution in [2.24, 2.45) is 0 Å². The molecule has 0 aromatic heterocycles. The maximum atomic E-state index is 5.68. The van der Waals surface area contributed by atoms with Crippen LogP contribution in [0.3, 0.4) is 0 Å². The molecule has 0 aliphatic carbocycles. The van der Waals surface area contributed by atoms with Crippen molar-refractivity contribution in [2.75, 3.05) is 13.2 Å². The van der Waals surface area contributed by atoms with Gasteiger partial charge < -0.3 is 10.1 Å². The van der Waals surface area contributed by atoms with E-state index in [0.717, 1.165) is 30.6 Å². The quantitative estimate of drug-likeness (QED) is 0.883. The zero-order valence-corrected chi connectivity index (χ0v) is 11.4. The molecule has 2 nitrogen and oxygen atoms in total.